The van der Waals surface area contributed by atoms with Crippen LogP contribution >= 0.6 is 0 Å². The summed E-state index contributed by atoms with van der Waals surface area (Å²) >= 11 is 0. The van der Waals surface area contributed by atoms with Crippen LogP contribution in [0.1, 0.15) is 208 Å². The number of fused-ring (bicyclic) bond motifs is 6. The van der Waals surface area contributed by atoms with E-state index in [1.807, 2.05) is 0 Å². The van der Waals surface area contributed by atoms with E-state index in [1.54, 1.807) is 35.0 Å². The summed E-state index contributed by atoms with van der Waals surface area (Å²) in [4.78, 5) is 0. The van der Waals surface area contributed by atoms with Gasteiger partial charge in [-0.05, 0) is 134 Å². The molecule has 124 heavy (non-hydrogen) atoms. The third-order valence-electron chi connectivity index (χ3n) is 31.6. The van der Waals surface area contributed by atoms with Crippen LogP contribution in [0.5, 0.6) is 0 Å². The highest BCUT2D eigenvalue weighted by molar-refractivity contribution is 7.07. The summed E-state index contributed by atoms with van der Waals surface area (Å²) < 4.78 is 10.2. The van der Waals surface area contributed by atoms with Gasteiger partial charge in [0.15, 0.2) is 16.6 Å². The molecule has 0 fully saturated rings. The molecule has 12 heteroatoms. The lowest BCUT2D eigenvalue weighted by Gasteiger charge is -2.47. The molecule has 2 aliphatic heterocycles. The van der Waals surface area contributed by atoms with Gasteiger partial charge in [-0.15, -0.1) is 0 Å². The molecule has 2 aliphatic rings. The van der Waals surface area contributed by atoms with Gasteiger partial charge < -0.3 is 8.85 Å². The molecule has 8 aromatic carbocycles. The van der Waals surface area contributed by atoms with Gasteiger partial charge in [0.05, 0.1) is 16.1 Å². The molecular formula is C112H196O2Si10. The van der Waals surface area contributed by atoms with Gasteiger partial charge in [0.1, 0.15) is 32.3 Å². The van der Waals surface area contributed by atoms with Gasteiger partial charge in [0.2, 0.25) is 0 Å². The maximum absolute atomic E-state index is 5.08. The average molecular weight is 1860 g/mol. The summed E-state index contributed by atoms with van der Waals surface area (Å²) in [6.07, 6.45) is 0. The summed E-state index contributed by atoms with van der Waals surface area (Å²) in [5, 5.41) is 16.1. The Balaban J connectivity index is 0.000000705. The fraction of sp³-hybridized carbons (Fsp3) is 0.571. The van der Waals surface area contributed by atoms with Gasteiger partial charge in [-0.25, -0.2) is 0 Å². The van der Waals surface area contributed by atoms with E-state index in [0.29, 0.717) is 40.3 Å². The lowest BCUT2D eigenvalue weighted by atomic mass is 9.86. The second-order valence-corrected chi connectivity index (χ2v) is 103. The van der Waals surface area contributed by atoms with Crippen LogP contribution in [0, 0.1) is 11.8 Å². The Bertz CT molecular complexity index is 3860. The molecule has 0 saturated carbocycles. The number of rotatable bonds is 11. The molecule has 2 nitrogen and oxygen atoms in total. The Morgan fingerprint density at radius 1 is 0.234 bits per heavy atom. The molecule has 8 aromatic rings. The highest BCUT2D eigenvalue weighted by Gasteiger charge is 2.52. The van der Waals surface area contributed by atoms with E-state index < -0.39 is 81.2 Å². The first-order valence-corrected chi connectivity index (χ1v) is 77.4. The van der Waals surface area contributed by atoms with Crippen molar-refractivity contribution in [1.29, 1.82) is 0 Å². The fourth-order valence-electron chi connectivity index (χ4n) is 16.5. The second-order valence-electron chi connectivity index (χ2n) is 50.5. The molecule has 0 N–H and O–H groups in total. The van der Waals surface area contributed by atoms with Crippen molar-refractivity contribution in [3.63, 3.8) is 0 Å². The average Bonchev–Trinajstić information content (AvgIpc) is 1.56. The largest absolute Gasteiger partial charge is 0.421 e. The van der Waals surface area contributed by atoms with Crippen molar-refractivity contribution in [2.45, 2.75) is 390 Å². The van der Waals surface area contributed by atoms with Gasteiger partial charge in [-0.1, -0.05) is 550 Å². The monoisotopic (exact) mass is 1850 g/mol. The number of benzene rings is 8. The quantitative estimate of drug-likeness (QED) is 0.120. The zero-order valence-electron chi connectivity index (χ0n) is 90.9. The standard InChI is InChI=1S/2C17H20Si.2C17H22Si.2C11H26Si.2C7H18Si.2C4H12OSi/c2*1-17(2,3)18(4)15-11-7-5-9-13(15)14-10-6-8-12-16(14)18;2*1-17(2,3)18(4,15-11-7-5-8-12-15)16-13-9-6-10-14-16;1-9(2)11(5,10(3)4)12(6,7)8;1-9(2)12(8,10(3)4)11(5,6)7;2*1-7(2,3)8(4,5)6;2*1-5-6(2,3)4/h2*5-12H,1-4H3;2*5-14H,1-4H3;2*9-10H,1-8H3;2*1-6H3;2*1-4H3. The van der Waals surface area contributed by atoms with Gasteiger partial charge in [0.25, 0.3) is 0 Å². The summed E-state index contributed by atoms with van der Waals surface area (Å²) in [5.41, 5.74) is 7.65. The van der Waals surface area contributed by atoms with Crippen molar-refractivity contribution >= 4 is 123 Å². The van der Waals surface area contributed by atoms with Gasteiger partial charge >= 0.3 is 0 Å². The molecule has 0 spiro atoms. The van der Waals surface area contributed by atoms with Gasteiger partial charge in [-0.2, -0.15) is 0 Å². The van der Waals surface area contributed by atoms with E-state index in [9.17, 15) is 0 Å². The predicted molar refractivity (Wildman–Crippen MR) is 602 cm³/mol. The Morgan fingerprint density at radius 3 is 0.492 bits per heavy atom. The van der Waals surface area contributed by atoms with Crippen molar-refractivity contribution in [1.82, 2.24) is 0 Å². The first kappa shape index (κ1) is 118. The van der Waals surface area contributed by atoms with E-state index >= 15 is 0 Å². The van der Waals surface area contributed by atoms with Crippen LogP contribution in [0.15, 0.2) is 218 Å². The summed E-state index contributed by atoms with van der Waals surface area (Å²) in [6.45, 7) is 119. The Labute approximate surface area is 782 Å². The van der Waals surface area contributed by atoms with Crippen LogP contribution < -0.4 is 41.5 Å². The minimum atomic E-state index is -1.70. The zero-order chi connectivity index (χ0) is 97.1. The van der Waals surface area contributed by atoms with Crippen LogP contribution in [0.4, 0.5) is 0 Å². The van der Waals surface area contributed by atoms with Gasteiger partial charge in [0, 0.05) is 30.4 Å². The van der Waals surface area contributed by atoms with E-state index in [-0.39, 0.29) is 0 Å². The summed E-state index contributed by atoms with van der Waals surface area (Å²) in [5.74, 6) is 1.62. The van der Waals surface area contributed by atoms with E-state index in [2.05, 4.69) is 557 Å². The Hall–Kier alpha value is -4.15. The Morgan fingerprint density at radius 2 is 0.395 bits per heavy atom. The molecule has 0 radical (unpaired) electrons. The molecule has 0 aromatic heterocycles. The highest BCUT2D eigenvalue weighted by Crippen LogP contribution is 2.52. The van der Waals surface area contributed by atoms with Crippen molar-refractivity contribution in [3.05, 3.63) is 218 Å². The van der Waals surface area contributed by atoms with Crippen LogP contribution in [0.3, 0.4) is 0 Å². The smallest absolute Gasteiger partial charge is 0.183 e. The minimum Gasteiger partial charge on any atom is -0.421 e. The molecule has 0 amide bonds. The summed E-state index contributed by atoms with van der Waals surface area (Å²) in [7, 11) is -9.25. The highest BCUT2D eigenvalue weighted by atomic mass is 28.4. The Kier molecular flexibility index (Phi) is 43.5. The van der Waals surface area contributed by atoms with E-state index in [4.69, 9.17) is 8.85 Å². The first-order chi connectivity index (χ1) is 55.7. The molecule has 0 atom stereocenters. The van der Waals surface area contributed by atoms with Crippen LogP contribution in [-0.2, 0) is 8.85 Å². The third kappa shape index (κ3) is 30.5. The molecule has 2 heterocycles. The maximum Gasteiger partial charge on any atom is 0.183 e. The zero-order valence-corrected chi connectivity index (χ0v) is 101. The van der Waals surface area contributed by atoms with Gasteiger partial charge in [-0.3, -0.25) is 0 Å². The molecule has 10 rings (SSSR count). The predicted octanol–water partition coefficient (Wildman–Crippen LogP) is 32.9. The molecule has 0 aliphatic carbocycles. The van der Waals surface area contributed by atoms with Crippen LogP contribution in [0.25, 0.3) is 22.3 Å². The maximum atomic E-state index is 5.08. The van der Waals surface area contributed by atoms with E-state index in [0.717, 1.165) is 22.9 Å². The topological polar surface area (TPSA) is 18.5 Å². The third-order valence-corrected chi connectivity index (χ3v) is 79.5. The van der Waals surface area contributed by atoms with Crippen molar-refractivity contribution in [2.24, 2.45) is 11.8 Å². The van der Waals surface area contributed by atoms with E-state index in [1.165, 1.54) is 43.0 Å². The fourth-order valence-corrected chi connectivity index (χ4v) is 40.9. The first-order valence-electron chi connectivity index (χ1n) is 47.5. The normalized spacial score (nSPS) is 14.1. The van der Waals surface area contributed by atoms with Crippen LogP contribution in [0.2, 0.25) is 182 Å². The molecule has 0 unspecified atom stereocenters. The molecular weight excluding hydrogens is 1660 g/mol. The number of hydrogen-bond donors (Lipinski definition) is 0. The number of hydrogen-bond acceptors (Lipinski definition) is 2. The lowest BCUT2D eigenvalue weighted by Crippen LogP contribution is -2.61. The minimum absolute atomic E-state index is 0.301. The summed E-state index contributed by atoms with van der Waals surface area (Å²) in [6, 6.07) is 80.1. The molecule has 0 saturated heterocycles. The lowest BCUT2D eigenvalue weighted by molar-refractivity contribution is 0.323. The van der Waals surface area contributed by atoms with Crippen molar-refractivity contribution in [2.75, 3.05) is 14.2 Å². The SMILES string of the molecule is CC(C)(C)[Si](C)(C)C.CC(C)(C)[Si](C)(C)C.CC(C)(C)[Si](C)(c1ccccc1)c1ccccc1.CC(C)(C)[Si](C)(c1ccccc1)c1ccccc1.CC(C)(C)[Si]1(C)c2ccccc2-c2ccccc21.CC(C)(C)[Si]1(C)c2ccccc2-c2ccccc21.CC(C)C(C)(C(C)C)[Si](C)(C)C.CC(C)[Si](C)(C(C)C)C(C)(C)C.CO[Si](C)(C)C.CO[Si](C)(C)C. The molecule has 696 valence electrons. The molecule has 0 bridgehead atoms. The second kappa shape index (κ2) is 45.8. The van der Waals surface area contributed by atoms with Crippen molar-refractivity contribution in [3.8, 4) is 22.3 Å². The van der Waals surface area contributed by atoms with Crippen molar-refractivity contribution < 1.29 is 8.85 Å². The van der Waals surface area contributed by atoms with Crippen LogP contribution in [-0.4, -0.2) is 95.4 Å².